The smallest absolute Gasteiger partial charge is 0.248 e. The number of likely N-dealkylation sites (tertiary alicyclic amines) is 1. The average molecular weight is 693 g/mol. The number of benzene rings is 3. The highest BCUT2D eigenvalue weighted by Crippen LogP contribution is 2.31. The number of hydrogen-bond acceptors (Lipinski definition) is 8. The normalized spacial score (nSPS) is 15.3. The van der Waals surface area contributed by atoms with Gasteiger partial charge in [0, 0.05) is 24.5 Å². The number of aliphatic hydroxyl groups is 1. The van der Waals surface area contributed by atoms with Crippen LogP contribution in [0.2, 0.25) is 0 Å². The van der Waals surface area contributed by atoms with Crippen molar-refractivity contribution in [2.45, 2.75) is 76.4 Å². The zero-order chi connectivity index (χ0) is 35.4. The monoisotopic (exact) mass is 692 g/mol. The summed E-state index contributed by atoms with van der Waals surface area (Å²) in [7, 11) is 0. The van der Waals surface area contributed by atoms with Crippen LogP contribution in [0.25, 0.3) is 10.9 Å². The van der Waals surface area contributed by atoms with Gasteiger partial charge in [-0.25, -0.2) is 4.98 Å². The SMILES string of the molecule is O=c1ccc2c([C@@H](O)CNCCCCCCCCCN3CCC(Cn4cnc([C@H](c5ccccc5)c5ccc(O)cc5)n4)CC3)ccc(O)c2[nH]1. The number of rotatable bonds is 18. The Morgan fingerprint density at radius 3 is 2.29 bits per heavy atom. The van der Waals surface area contributed by atoms with Crippen molar-refractivity contribution in [2.24, 2.45) is 5.92 Å². The van der Waals surface area contributed by atoms with E-state index in [4.69, 9.17) is 10.1 Å². The molecule has 2 aromatic heterocycles. The molecule has 1 fully saturated rings. The van der Waals surface area contributed by atoms with E-state index in [0.29, 0.717) is 28.9 Å². The summed E-state index contributed by atoms with van der Waals surface area (Å²) in [6.07, 6.45) is 12.1. The number of aromatic hydroxyl groups is 2. The maximum Gasteiger partial charge on any atom is 0.248 e. The maximum absolute atomic E-state index is 11.6. The van der Waals surface area contributed by atoms with Crippen LogP contribution in [0.1, 0.15) is 92.3 Å². The summed E-state index contributed by atoms with van der Waals surface area (Å²) in [6, 6.07) is 24.0. The van der Waals surface area contributed by atoms with Gasteiger partial charge in [-0.3, -0.25) is 9.48 Å². The molecule has 270 valence electrons. The van der Waals surface area contributed by atoms with E-state index in [9.17, 15) is 20.1 Å². The zero-order valence-corrected chi connectivity index (χ0v) is 29.5. The van der Waals surface area contributed by atoms with Gasteiger partial charge in [0.15, 0.2) is 5.82 Å². The predicted molar refractivity (Wildman–Crippen MR) is 201 cm³/mol. The van der Waals surface area contributed by atoms with Crippen LogP contribution in [0.4, 0.5) is 0 Å². The van der Waals surface area contributed by atoms with Gasteiger partial charge < -0.3 is 30.5 Å². The third-order valence-electron chi connectivity index (χ3n) is 10.3. The molecular formula is C41H52N6O4. The van der Waals surface area contributed by atoms with Gasteiger partial charge in [-0.05, 0) is 98.7 Å². The summed E-state index contributed by atoms with van der Waals surface area (Å²) < 4.78 is 2.02. The number of phenols is 2. The number of nitrogens with one attached hydrogen (secondary N) is 2. The highest BCUT2D eigenvalue weighted by molar-refractivity contribution is 5.87. The van der Waals surface area contributed by atoms with Crippen LogP contribution in [-0.4, -0.2) is 72.7 Å². The number of H-pyrrole nitrogens is 1. The molecule has 0 spiro atoms. The van der Waals surface area contributed by atoms with Crippen LogP contribution in [-0.2, 0) is 6.54 Å². The van der Waals surface area contributed by atoms with E-state index in [1.807, 2.05) is 41.3 Å². The first-order chi connectivity index (χ1) is 24.9. The lowest BCUT2D eigenvalue weighted by atomic mass is 9.90. The van der Waals surface area contributed by atoms with Crippen molar-refractivity contribution in [3.8, 4) is 11.5 Å². The summed E-state index contributed by atoms with van der Waals surface area (Å²) in [5, 5.41) is 39.5. The molecular weight excluding hydrogens is 640 g/mol. The summed E-state index contributed by atoms with van der Waals surface area (Å²) in [5.74, 6) is 1.58. The minimum absolute atomic E-state index is 0.00320. The number of aromatic nitrogens is 4. The number of aliphatic hydroxyl groups excluding tert-OH is 1. The van der Waals surface area contributed by atoms with Crippen LogP contribution >= 0.6 is 0 Å². The van der Waals surface area contributed by atoms with E-state index in [1.54, 1.807) is 24.3 Å². The second kappa shape index (κ2) is 18.1. The summed E-state index contributed by atoms with van der Waals surface area (Å²) in [6.45, 7) is 5.66. The molecule has 0 saturated carbocycles. The first-order valence-corrected chi connectivity index (χ1v) is 18.6. The number of fused-ring (bicyclic) bond motifs is 1. The van der Waals surface area contributed by atoms with Crippen molar-refractivity contribution in [1.82, 2.24) is 30.0 Å². The van der Waals surface area contributed by atoms with Gasteiger partial charge in [0.25, 0.3) is 0 Å². The lowest BCUT2D eigenvalue weighted by Crippen LogP contribution is -2.35. The molecule has 1 aliphatic rings. The molecule has 0 aliphatic carbocycles. The Labute approximate surface area is 300 Å². The second-order valence-corrected chi connectivity index (χ2v) is 14.0. The summed E-state index contributed by atoms with van der Waals surface area (Å²) >= 11 is 0. The average Bonchev–Trinajstić information content (AvgIpc) is 3.60. The number of nitrogens with zero attached hydrogens (tertiary/aromatic N) is 4. The van der Waals surface area contributed by atoms with Crippen LogP contribution < -0.4 is 10.9 Å². The molecule has 51 heavy (non-hydrogen) atoms. The Kier molecular flexibility index (Phi) is 12.9. The molecule has 0 amide bonds. The van der Waals surface area contributed by atoms with Crippen molar-refractivity contribution >= 4 is 10.9 Å². The van der Waals surface area contributed by atoms with Crippen LogP contribution in [0, 0.1) is 5.92 Å². The Hall–Kier alpha value is -4.51. The van der Waals surface area contributed by atoms with E-state index in [1.165, 1.54) is 70.0 Å². The zero-order valence-electron chi connectivity index (χ0n) is 29.5. The molecule has 3 heterocycles. The fraction of sp³-hybridized carbons (Fsp3) is 0.439. The van der Waals surface area contributed by atoms with Crippen LogP contribution in [0.5, 0.6) is 11.5 Å². The van der Waals surface area contributed by atoms with E-state index < -0.39 is 6.10 Å². The molecule has 5 N–H and O–H groups in total. The van der Waals surface area contributed by atoms with E-state index >= 15 is 0 Å². The van der Waals surface area contributed by atoms with E-state index in [0.717, 1.165) is 49.6 Å². The van der Waals surface area contributed by atoms with Gasteiger partial charge in [0.2, 0.25) is 5.56 Å². The van der Waals surface area contributed by atoms with Gasteiger partial charge in [-0.2, -0.15) is 5.10 Å². The molecule has 0 radical (unpaired) electrons. The van der Waals surface area contributed by atoms with Crippen molar-refractivity contribution in [3.63, 3.8) is 0 Å². The molecule has 0 bridgehead atoms. The molecule has 10 heteroatoms. The fourth-order valence-electron chi connectivity index (χ4n) is 7.36. The number of aromatic amines is 1. The summed E-state index contributed by atoms with van der Waals surface area (Å²) in [5.41, 5.74) is 2.97. The van der Waals surface area contributed by atoms with Crippen molar-refractivity contribution < 1.29 is 15.3 Å². The number of phenolic OH excluding ortho intramolecular Hbond substituents is 2. The molecule has 6 rings (SSSR count). The largest absolute Gasteiger partial charge is 0.508 e. The minimum atomic E-state index is -0.719. The highest BCUT2D eigenvalue weighted by atomic mass is 16.3. The Morgan fingerprint density at radius 1 is 0.824 bits per heavy atom. The number of unbranched alkanes of at least 4 members (excludes halogenated alkanes) is 6. The molecule has 10 nitrogen and oxygen atoms in total. The Balaban J connectivity index is 0.817. The standard InChI is InChI=1S/C41H52N6O4/c48-33-15-13-32(14-16-33)39(31-11-7-6-8-12-31)41-43-29-47(45-41)28-30-21-25-46(26-22-30)24-10-5-3-1-2-4-9-23-42-27-37(50)34-17-19-36(49)40-35(34)18-20-38(51)44-40/h6-8,11-20,29-30,37,39,42,48-50H,1-5,9-10,21-28H2,(H,44,51)/t37-,39+/m0/s1. The molecule has 2 atom stereocenters. The molecule has 5 aromatic rings. The van der Waals surface area contributed by atoms with Gasteiger partial charge >= 0.3 is 0 Å². The molecule has 1 aliphatic heterocycles. The predicted octanol–water partition coefficient (Wildman–Crippen LogP) is 6.48. The number of pyridine rings is 1. The third-order valence-corrected chi connectivity index (χ3v) is 10.3. The van der Waals surface area contributed by atoms with Gasteiger partial charge in [-0.15, -0.1) is 0 Å². The lowest BCUT2D eigenvalue weighted by Gasteiger charge is -2.31. The second-order valence-electron chi connectivity index (χ2n) is 14.0. The minimum Gasteiger partial charge on any atom is -0.508 e. The van der Waals surface area contributed by atoms with E-state index in [2.05, 4.69) is 27.3 Å². The quantitative estimate of drug-likeness (QED) is 0.0659. The Morgan fingerprint density at radius 2 is 1.53 bits per heavy atom. The Bertz CT molecular complexity index is 1850. The van der Waals surface area contributed by atoms with Gasteiger partial charge in [-0.1, -0.05) is 80.6 Å². The van der Waals surface area contributed by atoms with Gasteiger partial charge in [0.1, 0.15) is 17.8 Å². The lowest BCUT2D eigenvalue weighted by molar-refractivity contribution is 0.168. The maximum atomic E-state index is 11.6. The molecule has 0 unspecified atom stereocenters. The van der Waals surface area contributed by atoms with E-state index in [-0.39, 0.29) is 23.0 Å². The van der Waals surface area contributed by atoms with Gasteiger partial charge in [0.05, 0.1) is 17.5 Å². The van der Waals surface area contributed by atoms with Crippen molar-refractivity contribution in [2.75, 3.05) is 32.7 Å². The van der Waals surface area contributed by atoms with Crippen LogP contribution in [0.3, 0.4) is 0 Å². The van der Waals surface area contributed by atoms with Crippen molar-refractivity contribution in [3.05, 3.63) is 118 Å². The fourth-order valence-corrected chi connectivity index (χ4v) is 7.36. The first-order valence-electron chi connectivity index (χ1n) is 18.6. The molecule has 3 aromatic carbocycles. The van der Waals surface area contributed by atoms with Crippen LogP contribution in [0.15, 0.2) is 90.0 Å². The topological polar surface area (TPSA) is 140 Å². The third kappa shape index (κ3) is 10.1. The highest BCUT2D eigenvalue weighted by Gasteiger charge is 2.23. The number of hydrogen-bond donors (Lipinski definition) is 5. The first kappa shape index (κ1) is 36.3. The summed E-state index contributed by atoms with van der Waals surface area (Å²) in [4.78, 5) is 21.7. The molecule has 1 saturated heterocycles. The van der Waals surface area contributed by atoms with Crippen molar-refractivity contribution in [1.29, 1.82) is 0 Å². The number of piperidine rings is 1.